The molecule has 0 spiro atoms. The fraction of sp³-hybridized carbons (Fsp3) is 0. The van der Waals surface area contributed by atoms with Crippen molar-refractivity contribution in [3.05, 3.63) is 41.6 Å². The van der Waals surface area contributed by atoms with Gasteiger partial charge in [-0.05, 0) is 12.1 Å². The lowest BCUT2D eigenvalue weighted by atomic mass is 10.3. The molecule has 1 aromatic carbocycles. The van der Waals surface area contributed by atoms with Gasteiger partial charge in [-0.15, -0.1) is 0 Å². The molecule has 88 valence electrons. The van der Waals surface area contributed by atoms with Gasteiger partial charge in [0.2, 0.25) is 5.88 Å². The lowest BCUT2D eigenvalue weighted by Gasteiger charge is -2.03. The van der Waals surface area contributed by atoms with Gasteiger partial charge in [0.1, 0.15) is 11.6 Å². The highest BCUT2D eigenvalue weighted by Crippen LogP contribution is 2.19. The van der Waals surface area contributed by atoms with Crippen molar-refractivity contribution >= 4 is 5.97 Å². The summed E-state index contributed by atoms with van der Waals surface area (Å²) in [5.74, 6) is -3.58. The first-order chi connectivity index (χ1) is 7.97. The number of aromatic nitrogens is 2. The van der Waals surface area contributed by atoms with Crippen molar-refractivity contribution in [3.8, 4) is 11.6 Å². The average Bonchev–Trinajstić information content (AvgIpc) is 2.59. The van der Waals surface area contributed by atoms with Gasteiger partial charge in [0.15, 0.2) is 5.69 Å². The lowest BCUT2D eigenvalue weighted by molar-refractivity contribution is 0.0690. The van der Waals surface area contributed by atoms with Crippen LogP contribution in [0.1, 0.15) is 10.5 Å². The first-order valence-electron chi connectivity index (χ1n) is 4.46. The smallest absolute Gasteiger partial charge is 0.356 e. The van der Waals surface area contributed by atoms with Crippen LogP contribution in [0.3, 0.4) is 0 Å². The van der Waals surface area contributed by atoms with E-state index in [1.807, 2.05) is 0 Å². The molecule has 0 aliphatic rings. The number of nitrogens with zero attached hydrogens (tertiary/aromatic N) is 2. The van der Waals surface area contributed by atoms with Crippen LogP contribution in [0.4, 0.5) is 8.78 Å². The first kappa shape index (κ1) is 11.1. The van der Waals surface area contributed by atoms with E-state index in [-0.39, 0.29) is 5.69 Å². The zero-order chi connectivity index (χ0) is 12.6. The second-order valence-corrected chi connectivity index (χ2v) is 3.23. The molecule has 2 aromatic rings. The van der Waals surface area contributed by atoms with Gasteiger partial charge in [-0.25, -0.2) is 18.3 Å². The second-order valence-electron chi connectivity index (χ2n) is 3.23. The SMILES string of the molecule is O=C(O)c1cc(O)n(-c2cc(F)cc(F)c2)n1. The molecule has 0 unspecified atom stereocenters. The molecule has 0 saturated heterocycles. The van der Waals surface area contributed by atoms with Gasteiger partial charge >= 0.3 is 5.97 Å². The molecule has 0 amide bonds. The van der Waals surface area contributed by atoms with Crippen LogP contribution in [-0.4, -0.2) is 26.0 Å². The average molecular weight is 240 g/mol. The summed E-state index contributed by atoms with van der Waals surface area (Å²) in [6.45, 7) is 0. The molecule has 2 rings (SSSR count). The molecule has 1 heterocycles. The molecule has 1 aromatic heterocycles. The van der Waals surface area contributed by atoms with Crippen LogP contribution in [0.2, 0.25) is 0 Å². The maximum Gasteiger partial charge on any atom is 0.356 e. The Morgan fingerprint density at radius 3 is 2.24 bits per heavy atom. The highest BCUT2D eigenvalue weighted by molar-refractivity contribution is 5.85. The van der Waals surface area contributed by atoms with E-state index < -0.39 is 29.2 Å². The zero-order valence-corrected chi connectivity index (χ0v) is 8.26. The van der Waals surface area contributed by atoms with E-state index >= 15 is 0 Å². The summed E-state index contributed by atoms with van der Waals surface area (Å²) < 4.78 is 26.6. The van der Waals surface area contributed by atoms with Crippen molar-refractivity contribution in [2.45, 2.75) is 0 Å². The summed E-state index contributed by atoms with van der Waals surface area (Å²) in [5.41, 5.74) is -0.528. The normalized spacial score (nSPS) is 10.5. The summed E-state index contributed by atoms with van der Waals surface area (Å²) in [7, 11) is 0. The van der Waals surface area contributed by atoms with E-state index in [9.17, 15) is 18.7 Å². The third-order valence-electron chi connectivity index (χ3n) is 2.00. The first-order valence-corrected chi connectivity index (χ1v) is 4.46. The molecule has 0 aliphatic heterocycles. The Bertz CT molecular complexity index is 575. The van der Waals surface area contributed by atoms with Crippen LogP contribution in [0, 0.1) is 11.6 Å². The number of benzene rings is 1. The molecule has 0 saturated carbocycles. The van der Waals surface area contributed by atoms with Crippen LogP contribution in [-0.2, 0) is 0 Å². The van der Waals surface area contributed by atoms with E-state index in [1.54, 1.807) is 0 Å². The van der Waals surface area contributed by atoms with Crippen molar-refractivity contribution in [3.63, 3.8) is 0 Å². The van der Waals surface area contributed by atoms with Gasteiger partial charge in [-0.2, -0.15) is 5.10 Å². The maximum atomic E-state index is 12.9. The Labute approximate surface area is 93.5 Å². The number of carboxylic acids is 1. The Kier molecular flexibility index (Phi) is 2.51. The maximum absolute atomic E-state index is 12.9. The highest BCUT2D eigenvalue weighted by Gasteiger charge is 2.14. The predicted octanol–water partition coefficient (Wildman–Crippen LogP) is 1.55. The third kappa shape index (κ3) is 2.07. The molecular weight excluding hydrogens is 234 g/mol. The largest absolute Gasteiger partial charge is 0.493 e. The standard InChI is InChI=1S/C10H6F2N2O3/c11-5-1-6(12)3-7(2-5)14-9(15)4-8(13-14)10(16)17/h1-4,15H,(H,16,17). The zero-order valence-electron chi connectivity index (χ0n) is 8.26. The minimum atomic E-state index is -1.35. The molecule has 0 fully saturated rings. The van der Waals surface area contributed by atoms with E-state index in [2.05, 4.69) is 5.10 Å². The van der Waals surface area contributed by atoms with Gasteiger partial charge in [-0.1, -0.05) is 0 Å². The Morgan fingerprint density at radius 2 is 1.76 bits per heavy atom. The van der Waals surface area contributed by atoms with Crippen LogP contribution in [0.15, 0.2) is 24.3 Å². The molecule has 7 heteroatoms. The van der Waals surface area contributed by atoms with Gasteiger partial charge in [0, 0.05) is 12.1 Å². The van der Waals surface area contributed by atoms with E-state index in [4.69, 9.17) is 5.11 Å². The van der Waals surface area contributed by atoms with Crippen LogP contribution >= 0.6 is 0 Å². The van der Waals surface area contributed by atoms with Crippen molar-refractivity contribution in [1.82, 2.24) is 9.78 Å². The quantitative estimate of drug-likeness (QED) is 0.835. The number of hydrogen-bond donors (Lipinski definition) is 2. The van der Waals surface area contributed by atoms with Crippen molar-refractivity contribution in [2.24, 2.45) is 0 Å². The monoisotopic (exact) mass is 240 g/mol. The molecule has 0 bridgehead atoms. The Balaban J connectivity index is 2.56. The summed E-state index contributed by atoms with van der Waals surface area (Å²) in [4.78, 5) is 10.6. The van der Waals surface area contributed by atoms with Crippen molar-refractivity contribution in [1.29, 1.82) is 0 Å². The lowest BCUT2D eigenvalue weighted by Crippen LogP contribution is -2.02. The molecule has 17 heavy (non-hydrogen) atoms. The molecule has 5 nitrogen and oxygen atoms in total. The summed E-state index contributed by atoms with van der Waals surface area (Å²) in [5, 5.41) is 21.5. The van der Waals surface area contributed by atoms with Gasteiger partial charge in [-0.3, -0.25) is 0 Å². The number of carbonyl (C=O) groups is 1. The summed E-state index contributed by atoms with van der Waals surface area (Å²) >= 11 is 0. The van der Waals surface area contributed by atoms with Crippen LogP contribution < -0.4 is 0 Å². The number of aromatic hydroxyl groups is 1. The molecule has 0 radical (unpaired) electrons. The summed E-state index contributed by atoms with van der Waals surface area (Å²) in [6.07, 6.45) is 0. The molecular formula is C10H6F2N2O3. The molecule has 0 atom stereocenters. The van der Waals surface area contributed by atoms with Crippen LogP contribution in [0.5, 0.6) is 5.88 Å². The number of hydrogen-bond acceptors (Lipinski definition) is 3. The highest BCUT2D eigenvalue weighted by atomic mass is 19.1. The number of halogens is 2. The predicted molar refractivity (Wildman–Crippen MR) is 52.1 cm³/mol. The minimum absolute atomic E-state index is 0.104. The van der Waals surface area contributed by atoms with Gasteiger partial charge in [0.05, 0.1) is 5.69 Å². The fourth-order valence-corrected chi connectivity index (χ4v) is 1.33. The van der Waals surface area contributed by atoms with Crippen LogP contribution in [0.25, 0.3) is 5.69 Å². The fourth-order valence-electron chi connectivity index (χ4n) is 1.33. The van der Waals surface area contributed by atoms with Gasteiger partial charge < -0.3 is 10.2 Å². The van der Waals surface area contributed by atoms with E-state index in [1.165, 1.54) is 0 Å². The molecule has 0 aliphatic carbocycles. The topological polar surface area (TPSA) is 75.3 Å². The second kappa shape index (κ2) is 3.85. The van der Waals surface area contributed by atoms with Gasteiger partial charge in [0.25, 0.3) is 0 Å². The Hall–Kier alpha value is -2.44. The number of aromatic carboxylic acids is 1. The van der Waals surface area contributed by atoms with Crippen molar-refractivity contribution in [2.75, 3.05) is 0 Å². The third-order valence-corrected chi connectivity index (χ3v) is 2.00. The summed E-state index contributed by atoms with van der Waals surface area (Å²) in [6, 6.07) is 3.37. The van der Waals surface area contributed by atoms with E-state index in [0.717, 1.165) is 22.9 Å². The van der Waals surface area contributed by atoms with E-state index in [0.29, 0.717) is 6.07 Å². The number of carboxylic acid groups (broad SMARTS) is 1. The Morgan fingerprint density at radius 1 is 1.18 bits per heavy atom. The number of rotatable bonds is 2. The molecule has 2 N–H and O–H groups in total. The van der Waals surface area contributed by atoms with Crippen molar-refractivity contribution < 1.29 is 23.8 Å². The minimum Gasteiger partial charge on any atom is -0.493 e.